The molecule has 0 atom stereocenters. The summed E-state index contributed by atoms with van der Waals surface area (Å²) in [7, 11) is 0. The van der Waals surface area contributed by atoms with Crippen LogP contribution in [0.5, 0.6) is 0 Å². The van der Waals surface area contributed by atoms with Gasteiger partial charge in [0, 0.05) is 0 Å². The lowest BCUT2D eigenvalue weighted by Crippen LogP contribution is -2.09. The lowest BCUT2D eigenvalue weighted by Gasteiger charge is -1.72. The molecule has 9 heavy (non-hydrogen) atoms. The van der Waals surface area contributed by atoms with E-state index in [0.717, 1.165) is 0 Å². The molecule has 0 heterocycles. The summed E-state index contributed by atoms with van der Waals surface area (Å²) in [5.74, 6) is -3.65. The maximum Gasteiger partial charge on any atom is 0.414 e. The molecule has 0 fully saturated rings. The van der Waals surface area contributed by atoms with Crippen molar-refractivity contribution in [2.24, 2.45) is 0 Å². The fourth-order valence-electron chi connectivity index (χ4n) is 0. The van der Waals surface area contributed by atoms with E-state index in [9.17, 15) is 0 Å². The van der Waals surface area contributed by atoms with Crippen molar-refractivity contribution in [1.82, 2.24) is 0 Å². The predicted octanol–water partition coefficient (Wildman–Crippen LogP) is 0.577. The highest BCUT2D eigenvalue weighted by molar-refractivity contribution is 6.40. The van der Waals surface area contributed by atoms with Gasteiger partial charge in [0.05, 0.1) is 5.34 Å². The van der Waals surface area contributed by atoms with Crippen LogP contribution >= 0.6 is 23.2 Å². The van der Waals surface area contributed by atoms with E-state index in [1.165, 1.54) is 0 Å². The van der Waals surface area contributed by atoms with Gasteiger partial charge < -0.3 is 10.2 Å². The topological polar surface area (TPSA) is 74.6 Å². The van der Waals surface area contributed by atoms with Gasteiger partial charge in [-0.2, -0.15) is 0 Å². The molecule has 2 N–H and O–H groups in total. The first-order valence-corrected chi connectivity index (χ1v) is 2.71. The van der Waals surface area contributed by atoms with Crippen LogP contribution in [0.1, 0.15) is 0 Å². The Hall–Kier alpha value is -0.480. The highest BCUT2D eigenvalue weighted by Gasteiger charge is 2.04. The summed E-state index contributed by atoms with van der Waals surface area (Å²) in [5.41, 5.74) is 0. The highest BCUT2D eigenvalue weighted by Crippen LogP contribution is 1.73. The molecular formula is C3H4Cl2O4. The van der Waals surface area contributed by atoms with Gasteiger partial charge in [0.15, 0.2) is 0 Å². The zero-order valence-electron chi connectivity index (χ0n) is 4.17. The van der Waals surface area contributed by atoms with Crippen molar-refractivity contribution >= 4 is 35.1 Å². The van der Waals surface area contributed by atoms with Crippen molar-refractivity contribution in [2.75, 3.05) is 5.34 Å². The van der Waals surface area contributed by atoms with Crippen LogP contribution < -0.4 is 0 Å². The average Bonchev–Trinajstić information content (AvgIpc) is 1.68. The molecule has 0 aliphatic heterocycles. The van der Waals surface area contributed by atoms with Gasteiger partial charge in [-0.15, -0.1) is 23.2 Å². The number of carboxylic acids is 2. The third-order valence-corrected chi connectivity index (χ3v) is 0.183. The van der Waals surface area contributed by atoms with E-state index < -0.39 is 11.9 Å². The maximum absolute atomic E-state index is 9.10. The monoisotopic (exact) mass is 174 g/mol. The number of halogens is 2. The number of aliphatic carboxylic acids is 2. The van der Waals surface area contributed by atoms with Gasteiger partial charge in [0.2, 0.25) is 0 Å². The summed E-state index contributed by atoms with van der Waals surface area (Å²) in [6, 6.07) is 0. The zero-order valence-corrected chi connectivity index (χ0v) is 5.69. The van der Waals surface area contributed by atoms with Gasteiger partial charge in [-0.05, 0) is 0 Å². The molecule has 0 radical (unpaired) electrons. The first kappa shape index (κ1) is 11.3. The van der Waals surface area contributed by atoms with Gasteiger partial charge >= 0.3 is 11.9 Å². The van der Waals surface area contributed by atoms with Crippen LogP contribution in [0.3, 0.4) is 0 Å². The quantitative estimate of drug-likeness (QED) is 0.417. The van der Waals surface area contributed by atoms with E-state index >= 15 is 0 Å². The minimum absolute atomic E-state index is 0.194. The summed E-state index contributed by atoms with van der Waals surface area (Å²) in [5, 5.41) is 15.0. The molecule has 0 amide bonds. The van der Waals surface area contributed by atoms with Crippen molar-refractivity contribution in [3.8, 4) is 0 Å². The Bertz CT molecular complexity index is 90.0. The Morgan fingerprint density at radius 1 is 1.11 bits per heavy atom. The Labute approximate surface area is 61.0 Å². The van der Waals surface area contributed by atoms with Crippen molar-refractivity contribution in [3.63, 3.8) is 0 Å². The Morgan fingerprint density at radius 2 is 1.22 bits per heavy atom. The molecule has 0 aromatic rings. The summed E-state index contributed by atoms with van der Waals surface area (Å²) in [6.45, 7) is 0. The SMILES string of the molecule is ClCCl.O=C(O)C(=O)O. The first-order chi connectivity index (χ1) is 4.06. The molecule has 0 aliphatic carbocycles. The number of hydrogen-bond donors (Lipinski definition) is 2. The standard InChI is InChI=1S/C2H2O4.CH2Cl2/c3-1(4)2(5)6;2-1-3/h(H,3,4)(H,5,6);1H2. The molecule has 4 nitrogen and oxygen atoms in total. The van der Waals surface area contributed by atoms with Crippen molar-refractivity contribution in [2.45, 2.75) is 0 Å². The Morgan fingerprint density at radius 3 is 1.22 bits per heavy atom. The second-order valence-corrected chi connectivity index (χ2v) is 1.52. The van der Waals surface area contributed by atoms with Gasteiger partial charge in [-0.1, -0.05) is 0 Å². The third kappa shape index (κ3) is 18.5. The van der Waals surface area contributed by atoms with Crippen LogP contribution in [0, 0.1) is 0 Å². The van der Waals surface area contributed by atoms with Crippen molar-refractivity contribution in [3.05, 3.63) is 0 Å². The second-order valence-electron chi connectivity index (χ2n) is 0.711. The van der Waals surface area contributed by atoms with Crippen molar-refractivity contribution in [1.29, 1.82) is 0 Å². The molecular weight excluding hydrogens is 171 g/mol. The van der Waals surface area contributed by atoms with Crippen LogP contribution in [0.2, 0.25) is 0 Å². The number of rotatable bonds is 0. The molecule has 0 rings (SSSR count). The Kier molecular flexibility index (Phi) is 9.47. The van der Waals surface area contributed by atoms with Crippen LogP contribution in [-0.4, -0.2) is 27.5 Å². The molecule has 54 valence electrons. The van der Waals surface area contributed by atoms with E-state index in [1.54, 1.807) is 0 Å². The first-order valence-electron chi connectivity index (χ1n) is 1.64. The maximum atomic E-state index is 9.10. The van der Waals surface area contributed by atoms with Gasteiger partial charge in [-0.3, -0.25) is 0 Å². The van der Waals surface area contributed by atoms with Crippen LogP contribution in [0.4, 0.5) is 0 Å². The third-order valence-electron chi connectivity index (χ3n) is 0.183. The lowest BCUT2D eigenvalue weighted by molar-refractivity contribution is -0.159. The second kappa shape index (κ2) is 7.52. The van der Waals surface area contributed by atoms with Gasteiger partial charge in [0.1, 0.15) is 0 Å². The van der Waals surface area contributed by atoms with Crippen LogP contribution in [0.15, 0.2) is 0 Å². The van der Waals surface area contributed by atoms with Crippen LogP contribution in [-0.2, 0) is 9.59 Å². The summed E-state index contributed by atoms with van der Waals surface area (Å²) >= 11 is 9.53. The lowest BCUT2D eigenvalue weighted by atomic mass is 10.7. The van der Waals surface area contributed by atoms with E-state index in [0.29, 0.717) is 0 Å². The van der Waals surface area contributed by atoms with E-state index in [2.05, 4.69) is 0 Å². The van der Waals surface area contributed by atoms with Gasteiger partial charge in [0.25, 0.3) is 0 Å². The predicted molar refractivity (Wildman–Crippen MR) is 31.8 cm³/mol. The molecule has 0 saturated carbocycles. The largest absolute Gasteiger partial charge is 0.473 e. The number of alkyl halides is 2. The molecule has 0 saturated heterocycles. The van der Waals surface area contributed by atoms with Crippen molar-refractivity contribution < 1.29 is 19.8 Å². The molecule has 0 unspecified atom stereocenters. The summed E-state index contributed by atoms with van der Waals surface area (Å²) in [6.07, 6.45) is 0. The number of carbonyl (C=O) groups is 2. The van der Waals surface area contributed by atoms with Crippen LogP contribution in [0.25, 0.3) is 0 Å². The molecule has 0 aromatic heterocycles. The van der Waals surface area contributed by atoms with E-state index in [1.807, 2.05) is 0 Å². The molecule has 0 aliphatic rings. The molecule has 0 aromatic carbocycles. The Balaban J connectivity index is 0. The summed E-state index contributed by atoms with van der Waals surface area (Å²) in [4.78, 5) is 18.2. The fraction of sp³-hybridized carbons (Fsp3) is 0.333. The zero-order chi connectivity index (χ0) is 7.86. The fourth-order valence-corrected chi connectivity index (χ4v) is 0. The number of hydrogen-bond acceptors (Lipinski definition) is 2. The molecule has 0 spiro atoms. The number of carboxylic acid groups (broad SMARTS) is 2. The van der Waals surface area contributed by atoms with Gasteiger partial charge in [-0.25, -0.2) is 9.59 Å². The minimum atomic E-state index is -1.82. The summed E-state index contributed by atoms with van der Waals surface area (Å²) < 4.78 is 0. The highest BCUT2D eigenvalue weighted by atomic mass is 35.5. The normalized spacial score (nSPS) is 6.89. The molecule has 0 bridgehead atoms. The van der Waals surface area contributed by atoms with E-state index in [-0.39, 0.29) is 5.34 Å². The average molecular weight is 175 g/mol. The smallest absolute Gasteiger partial charge is 0.414 e. The molecule has 6 heteroatoms. The van der Waals surface area contributed by atoms with E-state index in [4.69, 9.17) is 43.0 Å². The minimum Gasteiger partial charge on any atom is -0.473 e.